The summed E-state index contributed by atoms with van der Waals surface area (Å²) < 4.78 is 23.3. The largest absolute Gasteiger partial charge is 0.375 e. The number of rotatable bonds is 4. The van der Waals surface area contributed by atoms with Crippen LogP contribution in [0.15, 0.2) is 4.36 Å². The van der Waals surface area contributed by atoms with Gasteiger partial charge in [0.25, 0.3) is 5.91 Å². The molecule has 0 bridgehead atoms. The van der Waals surface area contributed by atoms with Gasteiger partial charge in [0.1, 0.15) is 0 Å². The Hall–Kier alpha value is -1.48. The van der Waals surface area contributed by atoms with E-state index in [1.807, 2.05) is 0 Å². The molecule has 0 aromatic heterocycles. The molecule has 162 valence electrons. The molecule has 3 amide bonds. The maximum absolute atomic E-state index is 13.1. The monoisotopic (exact) mass is 425 g/mol. The topological polar surface area (TPSA) is 105 Å². The first-order chi connectivity index (χ1) is 13.8. The third-order valence-corrected chi connectivity index (χ3v) is 8.93. The van der Waals surface area contributed by atoms with Gasteiger partial charge in [-0.25, -0.2) is 4.21 Å². The molecule has 8 nitrogen and oxygen atoms in total. The molecule has 0 radical (unpaired) electrons. The highest BCUT2D eigenvalue weighted by atomic mass is 32.2. The molecule has 4 aliphatic rings. The normalized spacial score (nSPS) is 37.6. The molecule has 3 heterocycles. The van der Waals surface area contributed by atoms with Crippen molar-refractivity contribution < 1.29 is 23.3 Å². The molecule has 29 heavy (non-hydrogen) atoms. The Kier molecular flexibility index (Phi) is 5.72. The molecule has 3 aliphatic heterocycles. The fourth-order valence-electron chi connectivity index (χ4n) is 4.65. The van der Waals surface area contributed by atoms with Crippen LogP contribution in [0, 0.1) is 11.8 Å². The molecule has 0 aromatic carbocycles. The summed E-state index contributed by atoms with van der Waals surface area (Å²) in [5.74, 6) is 0.414. The van der Waals surface area contributed by atoms with Gasteiger partial charge in [0.15, 0.2) is 0 Å². The van der Waals surface area contributed by atoms with Crippen molar-refractivity contribution in [1.29, 1.82) is 0 Å². The minimum Gasteiger partial charge on any atom is -0.375 e. The number of hydrogen-bond acceptors (Lipinski definition) is 5. The van der Waals surface area contributed by atoms with E-state index in [4.69, 9.17) is 4.74 Å². The van der Waals surface area contributed by atoms with Crippen LogP contribution in [0.1, 0.15) is 51.4 Å². The van der Waals surface area contributed by atoms with Crippen LogP contribution in [0.25, 0.3) is 0 Å². The molecule has 1 aliphatic carbocycles. The fourth-order valence-corrected chi connectivity index (χ4v) is 6.89. The average Bonchev–Trinajstić information content (AvgIpc) is 3.41. The van der Waals surface area contributed by atoms with Crippen molar-refractivity contribution in [1.82, 2.24) is 10.2 Å². The SMILES string of the molecule is CN1CC(C(=O)N=S2(=O)CCC3(CC2)CC(NC(=O)CC2CC2)CCO3)CC1=O. The number of likely N-dealkylation sites (tertiary alicyclic amines) is 1. The predicted octanol–water partition coefficient (Wildman–Crippen LogP) is 1.09. The highest BCUT2D eigenvalue weighted by Crippen LogP contribution is 2.37. The smallest absolute Gasteiger partial charge is 0.259 e. The molecule has 4 rings (SSSR count). The van der Waals surface area contributed by atoms with Gasteiger partial charge in [-0.3, -0.25) is 14.4 Å². The summed E-state index contributed by atoms with van der Waals surface area (Å²) >= 11 is 0. The molecule has 1 saturated carbocycles. The van der Waals surface area contributed by atoms with Crippen molar-refractivity contribution in [2.24, 2.45) is 16.2 Å². The summed E-state index contributed by atoms with van der Waals surface area (Å²) in [6.45, 7) is 0.939. The highest BCUT2D eigenvalue weighted by molar-refractivity contribution is 7.93. The van der Waals surface area contributed by atoms with Crippen LogP contribution in [0.3, 0.4) is 0 Å². The third-order valence-electron chi connectivity index (χ3n) is 6.73. The maximum Gasteiger partial charge on any atom is 0.259 e. The Morgan fingerprint density at radius 1 is 1.28 bits per heavy atom. The van der Waals surface area contributed by atoms with Gasteiger partial charge in [-0.1, -0.05) is 0 Å². The maximum atomic E-state index is 13.1. The minimum atomic E-state index is -2.61. The fraction of sp³-hybridized carbons (Fsp3) is 0.850. The molecule has 0 aromatic rings. The van der Waals surface area contributed by atoms with E-state index in [9.17, 15) is 18.6 Å². The van der Waals surface area contributed by atoms with E-state index in [1.165, 1.54) is 4.90 Å². The van der Waals surface area contributed by atoms with E-state index in [0.717, 1.165) is 25.7 Å². The van der Waals surface area contributed by atoms with Crippen molar-refractivity contribution in [3.8, 4) is 0 Å². The van der Waals surface area contributed by atoms with Crippen LogP contribution in [-0.2, 0) is 28.8 Å². The van der Waals surface area contributed by atoms with E-state index in [2.05, 4.69) is 9.68 Å². The third kappa shape index (κ3) is 4.99. The van der Waals surface area contributed by atoms with Crippen molar-refractivity contribution in [3.63, 3.8) is 0 Å². The lowest BCUT2D eigenvalue weighted by Crippen LogP contribution is -2.52. The van der Waals surface area contributed by atoms with Gasteiger partial charge in [-0.2, -0.15) is 4.36 Å². The Labute approximate surface area is 172 Å². The number of amides is 3. The zero-order valence-corrected chi connectivity index (χ0v) is 17.9. The molecular weight excluding hydrogens is 394 g/mol. The summed E-state index contributed by atoms with van der Waals surface area (Å²) in [5.41, 5.74) is -0.376. The summed E-state index contributed by atoms with van der Waals surface area (Å²) in [6.07, 6.45) is 5.80. The molecular formula is C20H31N3O5S. The second kappa shape index (κ2) is 7.98. The van der Waals surface area contributed by atoms with Gasteiger partial charge in [-0.15, -0.1) is 0 Å². The Morgan fingerprint density at radius 3 is 2.62 bits per heavy atom. The van der Waals surface area contributed by atoms with E-state index < -0.39 is 21.6 Å². The molecule has 2 unspecified atom stereocenters. The first-order valence-corrected chi connectivity index (χ1v) is 12.5. The van der Waals surface area contributed by atoms with Crippen LogP contribution in [0.5, 0.6) is 0 Å². The van der Waals surface area contributed by atoms with E-state index in [1.54, 1.807) is 7.05 Å². The standard InChI is InChI=1S/C20H31N3O5S/c1-23-13-15(11-18(23)25)19(26)22-29(27)8-5-20(6-9-29)12-16(4-7-28-20)21-17(24)10-14-2-3-14/h14-16H,2-13H2,1H3,(H,21,24). The molecule has 1 N–H and O–H groups in total. The molecule has 9 heteroatoms. The number of carbonyl (C=O) groups excluding carboxylic acids is 3. The second-order valence-electron chi connectivity index (χ2n) is 9.22. The lowest BCUT2D eigenvalue weighted by atomic mass is 9.85. The molecule has 2 atom stereocenters. The van der Waals surface area contributed by atoms with Crippen LogP contribution >= 0.6 is 0 Å². The van der Waals surface area contributed by atoms with Crippen LogP contribution in [-0.4, -0.2) is 70.2 Å². The van der Waals surface area contributed by atoms with Crippen molar-refractivity contribution in [2.45, 2.75) is 63.0 Å². The molecule has 1 spiro atoms. The van der Waals surface area contributed by atoms with Gasteiger partial charge in [0, 0.05) is 50.6 Å². The van der Waals surface area contributed by atoms with Crippen molar-refractivity contribution in [2.75, 3.05) is 31.7 Å². The van der Waals surface area contributed by atoms with Gasteiger partial charge >= 0.3 is 0 Å². The number of carbonyl (C=O) groups is 3. The average molecular weight is 426 g/mol. The molecule has 3 saturated heterocycles. The second-order valence-corrected chi connectivity index (χ2v) is 11.8. The van der Waals surface area contributed by atoms with E-state index >= 15 is 0 Å². The zero-order valence-electron chi connectivity index (χ0n) is 17.1. The lowest BCUT2D eigenvalue weighted by molar-refractivity contribution is -0.127. The summed E-state index contributed by atoms with van der Waals surface area (Å²) in [4.78, 5) is 37.8. The summed E-state index contributed by atoms with van der Waals surface area (Å²) in [6, 6.07) is 0.0998. The summed E-state index contributed by atoms with van der Waals surface area (Å²) in [5, 5.41) is 3.16. The number of hydrogen-bond donors (Lipinski definition) is 1. The first-order valence-electron chi connectivity index (χ1n) is 10.7. The predicted molar refractivity (Wildman–Crippen MR) is 107 cm³/mol. The zero-order chi connectivity index (χ0) is 20.6. The number of nitrogens with one attached hydrogen (secondary N) is 1. The Bertz CT molecular complexity index is 801. The lowest BCUT2D eigenvalue weighted by Gasteiger charge is -2.44. The van der Waals surface area contributed by atoms with Gasteiger partial charge in [0.05, 0.1) is 21.2 Å². The Balaban J connectivity index is 1.33. The molecule has 4 fully saturated rings. The van der Waals surface area contributed by atoms with E-state index in [0.29, 0.717) is 49.8 Å². The minimum absolute atomic E-state index is 0.0681. The highest BCUT2D eigenvalue weighted by Gasteiger charge is 2.43. The van der Waals surface area contributed by atoms with Crippen LogP contribution in [0.4, 0.5) is 0 Å². The van der Waals surface area contributed by atoms with Crippen molar-refractivity contribution >= 4 is 27.5 Å². The summed E-state index contributed by atoms with van der Waals surface area (Å²) in [7, 11) is -0.940. The van der Waals surface area contributed by atoms with Gasteiger partial charge in [-0.05, 0) is 44.4 Å². The van der Waals surface area contributed by atoms with Gasteiger partial charge < -0.3 is 15.0 Å². The Morgan fingerprint density at radius 2 is 2.00 bits per heavy atom. The van der Waals surface area contributed by atoms with E-state index in [-0.39, 0.29) is 29.9 Å². The quantitative estimate of drug-likeness (QED) is 0.726. The first kappa shape index (κ1) is 20.8. The van der Waals surface area contributed by atoms with Gasteiger partial charge in [0.2, 0.25) is 11.8 Å². The van der Waals surface area contributed by atoms with Crippen molar-refractivity contribution in [3.05, 3.63) is 0 Å². The van der Waals surface area contributed by atoms with Crippen LogP contribution in [0.2, 0.25) is 0 Å². The number of ether oxygens (including phenoxy) is 1. The number of nitrogens with zero attached hydrogens (tertiary/aromatic N) is 2. The van der Waals surface area contributed by atoms with Crippen LogP contribution < -0.4 is 5.32 Å².